The zero-order valence-electron chi connectivity index (χ0n) is 15.9. The summed E-state index contributed by atoms with van der Waals surface area (Å²) in [6.07, 6.45) is 0. The van der Waals surface area contributed by atoms with Crippen LogP contribution in [0.25, 0.3) is 11.1 Å². The van der Waals surface area contributed by atoms with Crippen LogP contribution < -0.4 is 0 Å². The first-order chi connectivity index (χ1) is 13.5. The minimum atomic E-state index is -4.00. The van der Waals surface area contributed by atoms with E-state index in [1.807, 2.05) is 0 Å². The fourth-order valence-corrected chi connectivity index (χ4v) is 6.52. The first kappa shape index (κ1) is 21.4. The van der Waals surface area contributed by atoms with E-state index in [9.17, 15) is 23.1 Å². The predicted octanol–water partition coefficient (Wildman–Crippen LogP) is 3.02. The van der Waals surface area contributed by atoms with E-state index >= 15 is 0 Å². The van der Waals surface area contributed by atoms with Crippen molar-refractivity contribution in [3.05, 3.63) is 54.1 Å². The van der Waals surface area contributed by atoms with Gasteiger partial charge in [0.15, 0.2) is 0 Å². The maximum atomic E-state index is 13.2. The van der Waals surface area contributed by atoms with E-state index in [-0.39, 0.29) is 17.0 Å². The molecule has 9 heteroatoms. The van der Waals surface area contributed by atoms with Gasteiger partial charge in [0.2, 0.25) is 10.0 Å². The molecule has 0 aromatic heterocycles. The second kappa shape index (κ2) is 7.81. The molecular weight excluding hydrogens is 414 g/mol. The van der Waals surface area contributed by atoms with Gasteiger partial charge >= 0.3 is 11.9 Å². The number of carbonyl (C=O) groups is 2. The summed E-state index contributed by atoms with van der Waals surface area (Å²) < 4.78 is 26.6. The van der Waals surface area contributed by atoms with Gasteiger partial charge < -0.3 is 10.2 Å². The molecule has 2 aromatic rings. The normalized spacial score (nSPS) is 19.6. The van der Waals surface area contributed by atoms with Gasteiger partial charge in [0.25, 0.3) is 0 Å². The molecule has 0 unspecified atom stereocenters. The molecule has 2 N–H and O–H groups in total. The largest absolute Gasteiger partial charge is 0.480 e. The highest BCUT2D eigenvalue weighted by Crippen LogP contribution is 2.38. The lowest BCUT2D eigenvalue weighted by atomic mass is 10.0. The van der Waals surface area contributed by atoms with Gasteiger partial charge in [0, 0.05) is 17.0 Å². The second-order valence-electron chi connectivity index (χ2n) is 7.22. The van der Waals surface area contributed by atoms with Crippen molar-refractivity contribution in [3.63, 3.8) is 0 Å². The summed E-state index contributed by atoms with van der Waals surface area (Å²) in [5, 5.41) is 18.8. The van der Waals surface area contributed by atoms with Crippen LogP contribution in [0.3, 0.4) is 0 Å². The third kappa shape index (κ3) is 4.17. The van der Waals surface area contributed by atoms with Crippen molar-refractivity contribution in [2.75, 3.05) is 12.3 Å². The molecule has 0 aliphatic carbocycles. The Bertz CT molecular complexity index is 1050. The topological polar surface area (TPSA) is 112 Å². The number of rotatable bonds is 5. The summed E-state index contributed by atoms with van der Waals surface area (Å²) >= 11 is 1.44. The number of sulfonamides is 1. The number of carboxylic acid groups (broad SMARTS) is 2. The van der Waals surface area contributed by atoms with Gasteiger partial charge in [0.05, 0.1) is 10.5 Å². The van der Waals surface area contributed by atoms with E-state index in [0.717, 1.165) is 4.31 Å². The smallest absolute Gasteiger partial charge is 0.335 e. The highest BCUT2D eigenvalue weighted by Gasteiger charge is 2.48. The number of thioether (sulfide) groups is 1. The second-order valence-corrected chi connectivity index (χ2v) is 10.9. The molecule has 1 aliphatic rings. The zero-order chi connectivity index (χ0) is 21.4. The standard InChI is InChI=1S/C20H21NO6S2/c1-20(2)17(19(24)25)21(10-11-28-20)29(26,27)16-8-6-13(7-9-16)14-4-3-5-15(12-14)18(22)23/h3-9,12,17H,10-11H2,1-2H3,(H,22,23)(H,24,25)/t17-/m0/s1. The third-order valence-electron chi connectivity index (χ3n) is 4.87. The molecular formula is C20H21NO6S2. The lowest BCUT2D eigenvalue weighted by Gasteiger charge is -2.42. The van der Waals surface area contributed by atoms with Crippen molar-refractivity contribution < 1.29 is 28.2 Å². The minimum Gasteiger partial charge on any atom is -0.480 e. The molecule has 0 radical (unpaired) electrons. The van der Waals surface area contributed by atoms with Crippen molar-refractivity contribution in [1.82, 2.24) is 4.31 Å². The molecule has 0 amide bonds. The molecule has 0 spiro atoms. The fourth-order valence-electron chi connectivity index (χ4n) is 3.42. The molecule has 1 fully saturated rings. The summed E-state index contributed by atoms with van der Waals surface area (Å²) in [4.78, 5) is 23.0. The number of hydrogen-bond acceptors (Lipinski definition) is 5. The Kier molecular flexibility index (Phi) is 5.75. The molecule has 7 nitrogen and oxygen atoms in total. The van der Waals surface area contributed by atoms with Crippen molar-refractivity contribution in [1.29, 1.82) is 0 Å². The SMILES string of the molecule is CC1(C)SCCN(S(=O)(=O)c2ccc(-c3cccc(C(=O)O)c3)cc2)[C@H]1C(=O)O. The molecule has 1 heterocycles. The van der Waals surface area contributed by atoms with E-state index in [0.29, 0.717) is 16.9 Å². The monoisotopic (exact) mass is 435 g/mol. The van der Waals surface area contributed by atoms with Crippen LogP contribution in [0.1, 0.15) is 24.2 Å². The molecule has 1 saturated heterocycles. The summed E-state index contributed by atoms with van der Waals surface area (Å²) in [5.74, 6) is -1.71. The van der Waals surface area contributed by atoms with Gasteiger partial charge in [-0.25, -0.2) is 13.2 Å². The molecule has 29 heavy (non-hydrogen) atoms. The van der Waals surface area contributed by atoms with Gasteiger partial charge in [0.1, 0.15) is 6.04 Å². The Labute approximate surface area is 173 Å². The molecule has 1 aliphatic heterocycles. The average molecular weight is 436 g/mol. The summed E-state index contributed by atoms with van der Waals surface area (Å²) in [6, 6.07) is 11.2. The summed E-state index contributed by atoms with van der Waals surface area (Å²) in [6.45, 7) is 3.59. The minimum absolute atomic E-state index is 0.00425. The summed E-state index contributed by atoms with van der Waals surface area (Å²) in [5.41, 5.74) is 1.45. The lowest BCUT2D eigenvalue weighted by Crippen LogP contribution is -2.58. The molecule has 1 atom stereocenters. The van der Waals surface area contributed by atoms with E-state index in [1.54, 1.807) is 38.1 Å². The Morgan fingerprint density at radius 3 is 2.31 bits per heavy atom. The van der Waals surface area contributed by atoms with Gasteiger partial charge in [-0.3, -0.25) is 4.79 Å². The van der Waals surface area contributed by atoms with Crippen LogP contribution in [-0.4, -0.2) is 58.0 Å². The van der Waals surface area contributed by atoms with Gasteiger partial charge in [-0.2, -0.15) is 16.1 Å². The maximum absolute atomic E-state index is 13.2. The van der Waals surface area contributed by atoms with E-state index in [2.05, 4.69) is 0 Å². The van der Waals surface area contributed by atoms with Crippen molar-refractivity contribution in [3.8, 4) is 11.1 Å². The highest BCUT2D eigenvalue weighted by atomic mass is 32.2. The molecule has 154 valence electrons. The van der Waals surface area contributed by atoms with Crippen LogP contribution in [0, 0.1) is 0 Å². The average Bonchev–Trinajstić information content (AvgIpc) is 2.67. The lowest BCUT2D eigenvalue weighted by molar-refractivity contribution is -0.142. The maximum Gasteiger partial charge on any atom is 0.335 e. The van der Waals surface area contributed by atoms with Crippen LogP contribution in [0.4, 0.5) is 0 Å². The van der Waals surface area contributed by atoms with Crippen LogP contribution in [0.15, 0.2) is 53.4 Å². The van der Waals surface area contributed by atoms with Crippen molar-refractivity contribution in [2.24, 2.45) is 0 Å². The quantitative estimate of drug-likeness (QED) is 0.742. The van der Waals surface area contributed by atoms with E-state index in [1.165, 1.54) is 36.0 Å². The zero-order valence-corrected chi connectivity index (χ0v) is 17.5. The fraction of sp³-hybridized carbons (Fsp3) is 0.300. The molecule has 0 bridgehead atoms. The number of nitrogens with zero attached hydrogens (tertiary/aromatic N) is 1. The number of carboxylic acids is 2. The predicted molar refractivity (Wildman–Crippen MR) is 111 cm³/mol. The molecule has 3 rings (SSSR count). The number of benzene rings is 2. The Morgan fingerprint density at radius 2 is 1.72 bits per heavy atom. The molecule has 2 aromatic carbocycles. The Balaban J connectivity index is 1.95. The van der Waals surface area contributed by atoms with Crippen molar-refractivity contribution >= 4 is 33.7 Å². The highest BCUT2D eigenvalue weighted by molar-refractivity contribution is 8.00. The first-order valence-corrected chi connectivity index (χ1v) is 11.3. The Hall–Kier alpha value is -2.36. The number of hydrogen-bond donors (Lipinski definition) is 2. The van der Waals surface area contributed by atoms with Crippen LogP contribution in [0.5, 0.6) is 0 Å². The molecule has 0 saturated carbocycles. The first-order valence-electron chi connectivity index (χ1n) is 8.86. The van der Waals surface area contributed by atoms with Crippen LogP contribution >= 0.6 is 11.8 Å². The number of aromatic carboxylic acids is 1. The van der Waals surface area contributed by atoms with Crippen LogP contribution in [-0.2, 0) is 14.8 Å². The van der Waals surface area contributed by atoms with Crippen molar-refractivity contribution in [2.45, 2.75) is 29.5 Å². The summed E-state index contributed by atoms with van der Waals surface area (Å²) in [7, 11) is -4.00. The Morgan fingerprint density at radius 1 is 1.07 bits per heavy atom. The van der Waals surface area contributed by atoms with Crippen LogP contribution in [0.2, 0.25) is 0 Å². The van der Waals surface area contributed by atoms with Gasteiger partial charge in [-0.1, -0.05) is 24.3 Å². The van der Waals surface area contributed by atoms with E-state index < -0.39 is 32.8 Å². The third-order valence-corrected chi connectivity index (χ3v) is 8.10. The van der Waals surface area contributed by atoms with E-state index in [4.69, 9.17) is 5.11 Å². The van der Waals surface area contributed by atoms with Gasteiger partial charge in [-0.05, 0) is 49.2 Å². The number of aliphatic carboxylic acids is 1. The van der Waals surface area contributed by atoms with Gasteiger partial charge in [-0.15, -0.1) is 0 Å².